The van der Waals surface area contributed by atoms with Crippen LogP contribution < -0.4 is 5.73 Å². The van der Waals surface area contributed by atoms with Gasteiger partial charge in [-0.25, -0.2) is 4.39 Å². The van der Waals surface area contributed by atoms with E-state index < -0.39 is 0 Å². The van der Waals surface area contributed by atoms with E-state index in [1.165, 1.54) is 6.07 Å². The molecule has 0 aliphatic rings. The van der Waals surface area contributed by atoms with Crippen LogP contribution in [0.15, 0.2) is 18.2 Å². The number of hydrogen-bond donors (Lipinski definition) is 1. The molecule has 0 bridgehead atoms. The molecule has 16 heavy (non-hydrogen) atoms. The molecule has 1 rings (SSSR count). The minimum atomic E-state index is -0.237. The summed E-state index contributed by atoms with van der Waals surface area (Å²) in [6, 6.07) is 4.89. The van der Waals surface area contributed by atoms with Gasteiger partial charge >= 0.3 is 0 Å². The molecule has 0 aliphatic carbocycles. The first-order valence-corrected chi connectivity index (χ1v) is 5.99. The maximum absolute atomic E-state index is 13.6. The molecular weight excluding hydrogens is 225 g/mol. The fourth-order valence-electron chi connectivity index (χ4n) is 1.97. The van der Waals surface area contributed by atoms with Gasteiger partial charge in [0.1, 0.15) is 5.82 Å². The van der Waals surface area contributed by atoms with E-state index in [1.54, 1.807) is 12.1 Å². The van der Waals surface area contributed by atoms with E-state index in [2.05, 4.69) is 13.8 Å². The van der Waals surface area contributed by atoms with Crippen LogP contribution in [0.5, 0.6) is 0 Å². The summed E-state index contributed by atoms with van der Waals surface area (Å²) in [7, 11) is 0. The third-order valence-electron chi connectivity index (χ3n) is 3.00. The summed E-state index contributed by atoms with van der Waals surface area (Å²) in [5.41, 5.74) is 6.61. The van der Waals surface area contributed by atoms with Gasteiger partial charge in [0, 0.05) is 11.1 Å². The van der Waals surface area contributed by atoms with Gasteiger partial charge in [0.25, 0.3) is 0 Å². The molecule has 0 radical (unpaired) electrons. The monoisotopic (exact) mass is 243 g/mol. The first-order chi connectivity index (χ1) is 7.41. The van der Waals surface area contributed by atoms with Gasteiger partial charge in [-0.05, 0) is 42.9 Å². The maximum atomic E-state index is 13.6. The maximum Gasteiger partial charge on any atom is 0.127 e. The van der Waals surface area contributed by atoms with Crippen LogP contribution in [0.2, 0.25) is 5.02 Å². The minimum Gasteiger partial charge on any atom is -0.328 e. The Balaban J connectivity index is 2.85. The standard InChI is InChI=1S/C13H19ClFN/c1-8(2)12(9(3)16)6-10-4-5-11(14)7-13(10)15/h4-5,7-9,12H,6,16H2,1-3H3. The fourth-order valence-corrected chi connectivity index (χ4v) is 2.13. The Morgan fingerprint density at radius 2 is 1.94 bits per heavy atom. The lowest BCUT2D eigenvalue weighted by Crippen LogP contribution is -2.32. The third-order valence-corrected chi connectivity index (χ3v) is 3.24. The Kier molecular flexibility index (Phi) is 4.75. The van der Waals surface area contributed by atoms with Crippen molar-refractivity contribution in [3.05, 3.63) is 34.6 Å². The molecule has 1 aromatic carbocycles. The highest BCUT2D eigenvalue weighted by Gasteiger charge is 2.19. The molecule has 0 spiro atoms. The average Bonchev–Trinajstić information content (AvgIpc) is 2.15. The molecule has 0 fully saturated rings. The van der Waals surface area contributed by atoms with Gasteiger partial charge in [-0.2, -0.15) is 0 Å². The summed E-state index contributed by atoms with van der Waals surface area (Å²) >= 11 is 5.71. The Labute approximate surface area is 102 Å². The van der Waals surface area contributed by atoms with Crippen molar-refractivity contribution in [1.82, 2.24) is 0 Å². The molecule has 0 saturated carbocycles. The molecule has 0 aromatic heterocycles. The van der Waals surface area contributed by atoms with E-state index in [0.717, 1.165) is 0 Å². The Morgan fingerprint density at radius 1 is 1.31 bits per heavy atom. The van der Waals surface area contributed by atoms with Crippen molar-refractivity contribution >= 4 is 11.6 Å². The van der Waals surface area contributed by atoms with Crippen molar-refractivity contribution in [2.75, 3.05) is 0 Å². The number of hydrogen-bond acceptors (Lipinski definition) is 1. The van der Waals surface area contributed by atoms with Crippen molar-refractivity contribution in [3.63, 3.8) is 0 Å². The third kappa shape index (κ3) is 3.46. The van der Waals surface area contributed by atoms with Gasteiger partial charge in [0.05, 0.1) is 0 Å². The van der Waals surface area contributed by atoms with Crippen LogP contribution >= 0.6 is 11.6 Å². The second kappa shape index (κ2) is 5.65. The number of rotatable bonds is 4. The minimum absolute atomic E-state index is 0.0649. The van der Waals surface area contributed by atoms with Crippen molar-refractivity contribution in [3.8, 4) is 0 Å². The summed E-state index contributed by atoms with van der Waals surface area (Å²) in [5.74, 6) is 0.490. The van der Waals surface area contributed by atoms with Crippen molar-refractivity contribution < 1.29 is 4.39 Å². The normalized spacial score (nSPS) is 15.2. The highest BCUT2D eigenvalue weighted by Crippen LogP contribution is 2.23. The first-order valence-electron chi connectivity index (χ1n) is 5.61. The summed E-state index contributed by atoms with van der Waals surface area (Å²) in [5, 5.41) is 0.433. The lowest BCUT2D eigenvalue weighted by molar-refractivity contribution is 0.326. The predicted octanol–water partition coefficient (Wildman–Crippen LogP) is 3.64. The molecular formula is C13H19ClFN. The van der Waals surface area contributed by atoms with E-state index in [-0.39, 0.29) is 17.8 Å². The molecule has 0 saturated heterocycles. The molecule has 1 aromatic rings. The largest absolute Gasteiger partial charge is 0.328 e. The highest BCUT2D eigenvalue weighted by molar-refractivity contribution is 6.30. The Bertz CT molecular complexity index is 342. The van der Waals surface area contributed by atoms with Crippen LogP contribution in [0.1, 0.15) is 26.3 Å². The molecule has 2 atom stereocenters. The zero-order valence-electron chi connectivity index (χ0n) is 10.0. The predicted molar refractivity (Wildman–Crippen MR) is 67.1 cm³/mol. The Hall–Kier alpha value is -0.600. The zero-order valence-corrected chi connectivity index (χ0v) is 10.8. The molecule has 1 nitrogen and oxygen atoms in total. The van der Waals surface area contributed by atoms with Gasteiger partial charge < -0.3 is 5.73 Å². The van der Waals surface area contributed by atoms with Crippen molar-refractivity contribution in [2.24, 2.45) is 17.6 Å². The van der Waals surface area contributed by atoms with Crippen LogP contribution in [0.3, 0.4) is 0 Å². The zero-order chi connectivity index (χ0) is 12.3. The molecule has 0 aliphatic heterocycles. The van der Waals surface area contributed by atoms with Gasteiger partial charge in [-0.15, -0.1) is 0 Å². The number of nitrogens with two attached hydrogens (primary N) is 1. The second-order valence-corrected chi connectivity index (χ2v) is 5.14. The molecule has 2 unspecified atom stereocenters. The lowest BCUT2D eigenvalue weighted by atomic mass is 9.84. The van der Waals surface area contributed by atoms with E-state index in [1.807, 2.05) is 6.92 Å². The smallest absolute Gasteiger partial charge is 0.127 e. The van der Waals surface area contributed by atoms with Gasteiger partial charge in [0.2, 0.25) is 0 Å². The van der Waals surface area contributed by atoms with Crippen LogP contribution in [-0.2, 0) is 6.42 Å². The van der Waals surface area contributed by atoms with E-state index in [9.17, 15) is 4.39 Å². The van der Waals surface area contributed by atoms with E-state index in [4.69, 9.17) is 17.3 Å². The quantitative estimate of drug-likeness (QED) is 0.859. The SMILES string of the molecule is CC(C)C(Cc1ccc(Cl)cc1F)C(C)N. The topological polar surface area (TPSA) is 26.0 Å². The number of benzene rings is 1. The summed E-state index contributed by atoms with van der Waals surface area (Å²) in [4.78, 5) is 0. The van der Waals surface area contributed by atoms with E-state index in [0.29, 0.717) is 22.9 Å². The lowest BCUT2D eigenvalue weighted by Gasteiger charge is -2.24. The highest BCUT2D eigenvalue weighted by atomic mass is 35.5. The molecule has 0 amide bonds. The van der Waals surface area contributed by atoms with Crippen molar-refractivity contribution in [1.29, 1.82) is 0 Å². The van der Waals surface area contributed by atoms with Gasteiger partial charge in [0.15, 0.2) is 0 Å². The summed E-state index contributed by atoms with van der Waals surface area (Å²) in [6.07, 6.45) is 0.665. The molecule has 3 heteroatoms. The fraction of sp³-hybridized carbons (Fsp3) is 0.538. The second-order valence-electron chi connectivity index (χ2n) is 4.71. The van der Waals surface area contributed by atoms with Crippen LogP contribution in [-0.4, -0.2) is 6.04 Å². The summed E-state index contributed by atoms with van der Waals surface area (Å²) < 4.78 is 13.6. The Morgan fingerprint density at radius 3 is 2.38 bits per heavy atom. The van der Waals surface area contributed by atoms with Gasteiger partial charge in [-0.3, -0.25) is 0 Å². The van der Waals surface area contributed by atoms with Gasteiger partial charge in [-0.1, -0.05) is 31.5 Å². The van der Waals surface area contributed by atoms with E-state index >= 15 is 0 Å². The number of halogens is 2. The average molecular weight is 244 g/mol. The molecule has 0 heterocycles. The molecule has 2 N–H and O–H groups in total. The van der Waals surface area contributed by atoms with Crippen LogP contribution in [0.25, 0.3) is 0 Å². The van der Waals surface area contributed by atoms with Crippen LogP contribution in [0.4, 0.5) is 4.39 Å². The summed E-state index contributed by atoms with van der Waals surface area (Å²) in [6.45, 7) is 6.20. The van der Waals surface area contributed by atoms with Crippen molar-refractivity contribution in [2.45, 2.75) is 33.2 Å². The van der Waals surface area contributed by atoms with Crippen LogP contribution in [0, 0.1) is 17.7 Å². The molecule has 90 valence electrons. The first kappa shape index (κ1) is 13.5.